The summed E-state index contributed by atoms with van der Waals surface area (Å²) in [7, 11) is 1.48. The molecule has 0 aromatic rings. The fraction of sp³-hybridized carbons (Fsp3) is 0.857. The molecule has 6 aliphatic rings. The molecular weight excluding hydrogens is 364 g/mol. The number of fused-ring (bicyclic) bond motifs is 2. The Balaban J connectivity index is 1.85. The largest absolute Gasteiger partial charge is 0.393 e. The fourth-order valence-electron chi connectivity index (χ4n) is 8.30. The molecular formula is C21H30O7. The number of hydrogen-bond acceptors (Lipinski definition) is 7. The topological polar surface area (TPSA) is 116 Å². The number of ether oxygens (including phenoxy) is 2. The van der Waals surface area contributed by atoms with Crippen LogP contribution in [0.1, 0.15) is 39.5 Å². The quantitative estimate of drug-likeness (QED) is 0.474. The molecule has 0 aromatic carbocycles. The average Bonchev–Trinajstić information content (AvgIpc) is 2.73. The van der Waals surface area contributed by atoms with Crippen LogP contribution in [-0.4, -0.2) is 63.7 Å². The zero-order chi connectivity index (χ0) is 20.4. The smallest absolute Gasteiger partial charge is 0.211 e. The lowest BCUT2D eigenvalue weighted by molar-refractivity contribution is -0.506. The van der Waals surface area contributed by atoms with Gasteiger partial charge in [0.1, 0.15) is 11.5 Å². The van der Waals surface area contributed by atoms with Crippen LogP contribution in [0.4, 0.5) is 0 Å². The van der Waals surface area contributed by atoms with Crippen LogP contribution in [0.2, 0.25) is 0 Å². The van der Waals surface area contributed by atoms with E-state index in [-0.39, 0.29) is 17.4 Å². The van der Waals surface area contributed by atoms with Crippen molar-refractivity contribution >= 4 is 5.78 Å². The van der Waals surface area contributed by atoms with Gasteiger partial charge in [0.15, 0.2) is 12.1 Å². The van der Waals surface area contributed by atoms with E-state index in [9.17, 15) is 25.2 Å². The van der Waals surface area contributed by atoms with Gasteiger partial charge in [-0.15, -0.1) is 0 Å². The molecule has 2 saturated heterocycles. The third kappa shape index (κ3) is 1.62. The Bertz CT molecular complexity index is 764. The van der Waals surface area contributed by atoms with Crippen molar-refractivity contribution in [1.82, 2.24) is 0 Å². The van der Waals surface area contributed by atoms with E-state index in [4.69, 9.17) is 9.47 Å². The van der Waals surface area contributed by atoms with Crippen LogP contribution < -0.4 is 0 Å². The van der Waals surface area contributed by atoms with Crippen molar-refractivity contribution in [3.63, 3.8) is 0 Å². The summed E-state index contributed by atoms with van der Waals surface area (Å²) in [4.78, 5) is 13.5. The maximum absolute atomic E-state index is 13.5. The molecule has 7 nitrogen and oxygen atoms in total. The molecule has 0 aromatic heterocycles. The molecule has 4 saturated carbocycles. The van der Waals surface area contributed by atoms with Crippen LogP contribution in [0.3, 0.4) is 0 Å². The molecule has 4 N–H and O–H groups in total. The minimum atomic E-state index is -2.35. The zero-order valence-electron chi connectivity index (χ0n) is 16.6. The second kappa shape index (κ2) is 5.25. The molecule has 2 heterocycles. The number of rotatable bonds is 1. The molecule has 156 valence electrons. The molecule has 7 heteroatoms. The molecule has 0 radical (unpaired) electrons. The number of carbonyl (C=O) groups is 1. The Labute approximate surface area is 164 Å². The number of hydrogen-bond donors (Lipinski definition) is 4. The van der Waals surface area contributed by atoms with Gasteiger partial charge in [-0.25, -0.2) is 0 Å². The standard InChI is InChI=1S/C21H30O7/c1-9-10-8-11(22)12-19-7-5-6-18(2,3)13(19)16(25)21(26,28-17(19)27-4)20(12,14(9)23)15(10)24/h10-13,15-17,22,24-26H,1,5-8H2,2-4H3/t10-,11-,12-,13+,15+,16-,17-,19+,20-,21-/m0/s1. The van der Waals surface area contributed by atoms with Crippen molar-refractivity contribution < 1.29 is 34.7 Å². The molecule has 2 aliphatic heterocycles. The summed E-state index contributed by atoms with van der Waals surface area (Å²) < 4.78 is 11.6. The van der Waals surface area contributed by atoms with Crippen LogP contribution in [0.25, 0.3) is 0 Å². The number of methoxy groups -OCH3 is 1. The summed E-state index contributed by atoms with van der Waals surface area (Å²) in [5.74, 6) is -4.73. The van der Waals surface area contributed by atoms with Crippen LogP contribution in [0, 0.1) is 34.0 Å². The van der Waals surface area contributed by atoms with E-state index in [0.717, 1.165) is 12.8 Å². The number of ketones is 1. The minimum Gasteiger partial charge on any atom is -0.393 e. The summed E-state index contributed by atoms with van der Waals surface area (Å²) in [5, 5.41) is 45.8. The van der Waals surface area contributed by atoms with Crippen molar-refractivity contribution in [2.24, 2.45) is 34.0 Å². The van der Waals surface area contributed by atoms with Crippen LogP contribution in [0.5, 0.6) is 0 Å². The maximum Gasteiger partial charge on any atom is 0.211 e. The third-order valence-electron chi connectivity index (χ3n) is 9.01. The molecule has 4 aliphatic carbocycles. The molecule has 10 atom stereocenters. The average molecular weight is 394 g/mol. The van der Waals surface area contributed by atoms with Crippen molar-refractivity contribution in [3.8, 4) is 0 Å². The number of carbonyl (C=O) groups excluding carboxylic acids is 1. The fourth-order valence-corrected chi connectivity index (χ4v) is 8.30. The minimum absolute atomic E-state index is 0.197. The molecule has 0 amide bonds. The van der Waals surface area contributed by atoms with Gasteiger partial charge in [-0.1, -0.05) is 26.8 Å². The second-order valence-electron chi connectivity index (χ2n) is 10.3. The molecule has 6 fully saturated rings. The van der Waals surface area contributed by atoms with Crippen molar-refractivity contribution in [2.45, 2.75) is 69.9 Å². The lowest BCUT2D eigenvalue weighted by atomic mass is 9.35. The van der Waals surface area contributed by atoms with Crippen LogP contribution in [-0.2, 0) is 14.3 Å². The monoisotopic (exact) mass is 394 g/mol. The Hall–Kier alpha value is -0.830. The first-order valence-corrected chi connectivity index (χ1v) is 10.2. The van der Waals surface area contributed by atoms with Gasteiger partial charge in [-0.2, -0.15) is 0 Å². The van der Waals surface area contributed by atoms with Gasteiger partial charge in [0.05, 0.1) is 12.2 Å². The number of aliphatic hydroxyl groups excluding tert-OH is 3. The summed E-state index contributed by atoms with van der Waals surface area (Å²) in [6, 6.07) is 0. The van der Waals surface area contributed by atoms with E-state index in [1.54, 1.807) is 0 Å². The number of aliphatic hydroxyl groups is 4. The van der Waals surface area contributed by atoms with Crippen LogP contribution >= 0.6 is 0 Å². The highest BCUT2D eigenvalue weighted by Crippen LogP contribution is 2.77. The third-order valence-corrected chi connectivity index (χ3v) is 9.01. The summed E-state index contributed by atoms with van der Waals surface area (Å²) in [6.45, 7) is 7.93. The molecule has 4 bridgehead atoms. The summed E-state index contributed by atoms with van der Waals surface area (Å²) in [5.41, 5.74) is -2.90. The molecule has 28 heavy (non-hydrogen) atoms. The van der Waals surface area contributed by atoms with Crippen molar-refractivity contribution in [3.05, 3.63) is 12.2 Å². The van der Waals surface area contributed by atoms with E-state index >= 15 is 0 Å². The van der Waals surface area contributed by atoms with E-state index in [1.165, 1.54) is 7.11 Å². The van der Waals surface area contributed by atoms with E-state index < -0.39 is 64.8 Å². The van der Waals surface area contributed by atoms with E-state index in [2.05, 4.69) is 6.58 Å². The van der Waals surface area contributed by atoms with Gasteiger partial charge in [-0.3, -0.25) is 4.79 Å². The molecule has 2 spiro atoms. The maximum atomic E-state index is 13.5. The Morgan fingerprint density at radius 1 is 1.14 bits per heavy atom. The van der Waals surface area contributed by atoms with Crippen molar-refractivity contribution in [1.29, 1.82) is 0 Å². The first-order chi connectivity index (χ1) is 13.0. The van der Waals surface area contributed by atoms with Gasteiger partial charge < -0.3 is 29.9 Å². The van der Waals surface area contributed by atoms with Crippen molar-refractivity contribution in [2.75, 3.05) is 7.11 Å². The van der Waals surface area contributed by atoms with Gasteiger partial charge in [-0.05, 0) is 30.3 Å². The van der Waals surface area contributed by atoms with Gasteiger partial charge in [0.2, 0.25) is 5.79 Å². The Morgan fingerprint density at radius 2 is 1.82 bits per heavy atom. The summed E-state index contributed by atoms with van der Waals surface area (Å²) in [6.07, 6.45) is -2.05. The van der Waals surface area contributed by atoms with E-state index in [0.29, 0.717) is 6.42 Å². The van der Waals surface area contributed by atoms with Gasteiger partial charge >= 0.3 is 0 Å². The Kier molecular flexibility index (Phi) is 3.59. The van der Waals surface area contributed by atoms with E-state index in [1.807, 2.05) is 13.8 Å². The normalized spacial score (nSPS) is 59.2. The lowest BCUT2D eigenvalue weighted by Gasteiger charge is -2.75. The SMILES string of the molecule is C=C1C(=O)[C@]23[C@H](O)[C@H]1C[C@H](O)[C@H]2[C@]12CCCC(C)(C)[C@H]1[C@H](O)[C@]3(O)O[C@@H]2OC. The van der Waals surface area contributed by atoms with Crippen LogP contribution in [0.15, 0.2) is 12.2 Å². The first kappa shape index (κ1) is 19.2. The van der Waals surface area contributed by atoms with Gasteiger partial charge in [0, 0.05) is 30.3 Å². The first-order valence-electron chi connectivity index (χ1n) is 10.2. The Morgan fingerprint density at radius 3 is 2.46 bits per heavy atom. The highest BCUT2D eigenvalue weighted by atomic mass is 16.7. The lowest BCUT2D eigenvalue weighted by Crippen LogP contribution is -2.87. The van der Waals surface area contributed by atoms with Gasteiger partial charge in [0.25, 0.3) is 0 Å². The highest BCUT2D eigenvalue weighted by molar-refractivity contribution is 6.05. The highest BCUT2D eigenvalue weighted by Gasteiger charge is 2.89. The number of Topliss-reactive ketones (excluding diaryl/α,β-unsaturated/α-hetero) is 1. The summed E-state index contributed by atoms with van der Waals surface area (Å²) >= 11 is 0. The zero-order valence-corrected chi connectivity index (χ0v) is 16.6. The predicted octanol–water partition coefficient (Wildman–Crippen LogP) is 0.348. The molecule has 6 rings (SSSR count). The molecule has 0 unspecified atom stereocenters. The second-order valence-corrected chi connectivity index (χ2v) is 10.3. The predicted molar refractivity (Wildman–Crippen MR) is 96.6 cm³/mol.